The van der Waals surface area contributed by atoms with Gasteiger partial charge in [-0.1, -0.05) is 6.92 Å². The van der Waals surface area contributed by atoms with Gasteiger partial charge in [-0.25, -0.2) is 0 Å². The van der Waals surface area contributed by atoms with Crippen LogP contribution in [0.2, 0.25) is 0 Å². The van der Waals surface area contributed by atoms with Gasteiger partial charge in [-0.2, -0.15) is 0 Å². The van der Waals surface area contributed by atoms with E-state index in [0.717, 1.165) is 19.4 Å². The van der Waals surface area contributed by atoms with Crippen molar-refractivity contribution in [2.75, 3.05) is 30.8 Å². The van der Waals surface area contributed by atoms with Crippen LogP contribution < -0.4 is 21.5 Å². The molecular formula is C14H21N3O3. The Morgan fingerprint density at radius 1 is 1.55 bits per heavy atom. The third-order valence-corrected chi connectivity index (χ3v) is 3.15. The van der Waals surface area contributed by atoms with Crippen LogP contribution in [-0.2, 0) is 4.74 Å². The van der Waals surface area contributed by atoms with E-state index in [9.17, 15) is 4.79 Å². The van der Waals surface area contributed by atoms with Gasteiger partial charge in [0.25, 0.3) is 0 Å². The normalized spacial score (nSPS) is 17.9. The van der Waals surface area contributed by atoms with Crippen molar-refractivity contribution in [2.45, 2.75) is 25.9 Å². The summed E-state index contributed by atoms with van der Waals surface area (Å²) in [7, 11) is 0. The monoisotopic (exact) mass is 279 g/mol. The molecule has 0 aromatic heterocycles. The van der Waals surface area contributed by atoms with Crippen LogP contribution in [0.15, 0.2) is 12.1 Å². The largest absolute Gasteiger partial charge is 0.486 e. The molecule has 0 aliphatic carbocycles. The number of nitrogen functional groups attached to an aromatic ring is 1. The summed E-state index contributed by atoms with van der Waals surface area (Å²) in [6.45, 7) is 4.07. The highest BCUT2D eigenvalue weighted by molar-refractivity contribution is 5.96. The van der Waals surface area contributed by atoms with Crippen molar-refractivity contribution in [3.63, 3.8) is 0 Å². The molecule has 1 aliphatic rings. The van der Waals surface area contributed by atoms with E-state index < -0.39 is 5.91 Å². The highest BCUT2D eigenvalue weighted by Gasteiger charge is 2.20. The first-order chi connectivity index (χ1) is 9.61. The predicted octanol–water partition coefficient (Wildman–Crippen LogP) is 1.36. The van der Waals surface area contributed by atoms with E-state index in [-0.39, 0.29) is 6.10 Å². The second-order valence-corrected chi connectivity index (χ2v) is 4.83. The van der Waals surface area contributed by atoms with Crippen molar-refractivity contribution < 1.29 is 14.3 Å². The molecule has 20 heavy (non-hydrogen) atoms. The Balaban J connectivity index is 2.29. The predicted molar refractivity (Wildman–Crippen MR) is 78.0 cm³/mol. The molecule has 1 unspecified atom stereocenters. The highest BCUT2D eigenvalue weighted by Crippen LogP contribution is 2.34. The Kier molecular flexibility index (Phi) is 4.68. The molecule has 2 rings (SSSR count). The lowest BCUT2D eigenvalue weighted by atomic mass is 10.1. The van der Waals surface area contributed by atoms with Gasteiger partial charge in [-0.15, -0.1) is 0 Å². The quantitative estimate of drug-likeness (QED) is 0.683. The van der Waals surface area contributed by atoms with E-state index in [1.807, 2.05) is 0 Å². The second kappa shape index (κ2) is 6.47. The van der Waals surface area contributed by atoms with E-state index in [0.29, 0.717) is 35.9 Å². The van der Waals surface area contributed by atoms with E-state index in [1.54, 1.807) is 12.1 Å². The zero-order valence-corrected chi connectivity index (χ0v) is 11.6. The fourth-order valence-corrected chi connectivity index (χ4v) is 2.10. The molecule has 0 spiro atoms. The number of rotatable bonds is 6. The lowest BCUT2D eigenvalue weighted by Gasteiger charge is -2.19. The number of benzene rings is 1. The molecule has 1 saturated heterocycles. The summed E-state index contributed by atoms with van der Waals surface area (Å²) >= 11 is 0. The molecule has 6 nitrogen and oxygen atoms in total. The van der Waals surface area contributed by atoms with Crippen molar-refractivity contribution in [1.82, 2.24) is 0 Å². The topological polar surface area (TPSA) is 99.6 Å². The number of nitrogens with two attached hydrogens (primary N) is 2. The van der Waals surface area contributed by atoms with Crippen LogP contribution >= 0.6 is 0 Å². The zero-order chi connectivity index (χ0) is 14.5. The minimum Gasteiger partial charge on any atom is -0.486 e. The number of hydrogen-bond acceptors (Lipinski definition) is 5. The number of ether oxygens (including phenoxy) is 2. The smallest absolute Gasteiger partial charge is 0.248 e. The molecule has 1 aromatic rings. The maximum absolute atomic E-state index is 11.3. The highest BCUT2D eigenvalue weighted by atomic mass is 16.5. The van der Waals surface area contributed by atoms with Gasteiger partial charge in [0.15, 0.2) is 0 Å². The van der Waals surface area contributed by atoms with Crippen molar-refractivity contribution in [2.24, 2.45) is 5.73 Å². The Hall–Kier alpha value is -1.95. The summed E-state index contributed by atoms with van der Waals surface area (Å²) in [6, 6.07) is 3.20. The summed E-state index contributed by atoms with van der Waals surface area (Å²) in [5, 5.41) is 3.23. The van der Waals surface area contributed by atoms with Crippen LogP contribution in [-0.4, -0.2) is 31.8 Å². The minimum atomic E-state index is -0.522. The Morgan fingerprint density at radius 2 is 2.35 bits per heavy atom. The first-order valence-electron chi connectivity index (χ1n) is 6.83. The molecule has 0 radical (unpaired) electrons. The van der Waals surface area contributed by atoms with E-state index >= 15 is 0 Å². The van der Waals surface area contributed by atoms with Gasteiger partial charge in [0.2, 0.25) is 5.91 Å². The number of primary amides is 1. The first-order valence-corrected chi connectivity index (χ1v) is 6.83. The number of hydrogen-bond donors (Lipinski definition) is 3. The van der Waals surface area contributed by atoms with Crippen molar-refractivity contribution in [3.05, 3.63) is 17.7 Å². The van der Waals surface area contributed by atoms with Gasteiger partial charge >= 0.3 is 0 Å². The van der Waals surface area contributed by atoms with E-state index in [4.69, 9.17) is 20.9 Å². The van der Waals surface area contributed by atoms with Crippen LogP contribution in [0.1, 0.15) is 30.1 Å². The van der Waals surface area contributed by atoms with Gasteiger partial charge in [-0.05, 0) is 18.6 Å². The molecule has 6 heteroatoms. The fourth-order valence-electron chi connectivity index (χ4n) is 2.10. The maximum atomic E-state index is 11.3. The number of carbonyl (C=O) groups excluding carboxylic acids is 1. The molecule has 1 aromatic carbocycles. The van der Waals surface area contributed by atoms with Crippen molar-refractivity contribution in [1.29, 1.82) is 0 Å². The van der Waals surface area contributed by atoms with Crippen LogP contribution in [0.25, 0.3) is 0 Å². The SMILES string of the molecule is CCCNc1c(N)cc(C(N)=O)cc1OC1CCOC1. The van der Waals surface area contributed by atoms with E-state index in [2.05, 4.69) is 12.2 Å². The standard InChI is InChI=1S/C14H21N3O3/c1-2-4-17-13-11(15)6-9(14(16)18)7-12(13)20-10-3-5-19-8-10/h6-7,10,17H,2-5,8,15H2,1H3,(H2,16,18). The summed E-state index contributed by atoms with van der Waals surface area (Å²) in [5.74, 6) is 0.0361. The molecular weight excluding hydrogens is 258 g/mol. The Morgan fingerprint density at radius 3 is 2.95 bits per heavy atom. The number of amides is 1. The lowest BCUT2D eigenvalue weighted by molar-refractivity contribution is 0.0999. The maximum Gasteiger partial charge on any atom is 0.248 e. The van der Waals surface area contributed by atoms with Crippen LogP contribution in [0.5, 0.6) is 5.75 Å². The number of nitrogens with one attached hydrogen (secondary N) is 1. The van der Waals surface area contributed by atoms with Gasteiger partial charge < -0.3 is 26.3 Å². The molecule has 110 valence electrons. The van der Waals surface area contributed by atoms with Crippen molar-refractivity contribution >= 4 is 17.3 Å². The Labute approximate surface area is 118 Å². The van der Waals surface area contributed by atoms with Gasteiger partial charge in [0.05, 0.1) is 18.9 Å². The van der Waals surface area contributed by atoms with Gasteiger partial charge in [0, 0.05) is 18.5 Å². The first kappa shape index (κ1) is 14.5. The zero-order valence-electron chi connectivity index (χ0n) is 11.6. The molecule has 0 bridgehead atoms. The Bertz CT molecular complexity index is 485. The number of anilines is 2. The molecule has 5 N–H and O–H groups in total. The van der Waals surface area contributed by atoms with Crippen LogP contribution in [0, 0.1) is 0 Å². The fraction of sp³-hybridized carbons (Fsp3) is 0.500. The second-order valence-electron chi connectivity index (χ2n) is 4.83. The molecule has 1 amide bonds. The number of carbonyl (C=O) groups is 1. The van der Waals surface area contributed by atoms with Crippen LogP contribution in [0.3, 0.4) is 0 Å². The minimum absolute atomic E-state index is 0.0142. The average molecular weight is 279 g/mol. The third kappa shape index (κ3) is 3.33. The van der Waals surface area contributed by atoms with Crippen molar-refractivity contribution in [3.8, 4) is 5.75 Å². The summed E-state index contributed by atoms with van der Waals surface area (Å²) in [5.41, 5.74) is 12.8. The average Bonchev–Trinajstić information content (AvgIpc) is 2.90. The lowest BCUT2D eigenvalue weighted by Crippen LogP contribution is -2.19. The summed E-state index contributed by atoms with van der Waals surface area (Å²) in [4.78, 5) is 11.3. The summed E-state index contributed by atoms with van der Waals surface area (Å²) < 4.78 is 11.2. The van der Waals surface area contributed by atoms with Gasteiger partial charge in [0.1, 0.15) is 17.5 Å². The molecule has 0 saturated carbocycles. The molecule has 1 aliphatic heterocycles. The van der Waals surface area contributed by atoms with E-state index in [1.165, 1.54) is 0 Å². The van der Waals surface area contributed by atoms with Gasteiger partial charge in [-0.3, -0.25) is 4.79 Å². The summed E-state index contributed by atoms with van der Waals surface area (Å²) in [6.07, 6.45) is 1.77. The molecule has 1 fully saturated rings. The van der Waals surface area contributed by atoms with Crippen LogP contribution in [0.4, 0.5) is 11.4 Å². The molecule has 1 atom stereocenters. The molecule has 1 heterocycles. The third-order valence-electron chi connectivity index (χ3n) is 3.15.